The third-order valence-corrected chi connectivity index (χ3v) is 3.12. The Balaban J connectivity index is 1.71. The number of hydrogen-bond donors (Lipinski definition) is 2. The van der Waals surface area contributed by atoms with Crippen LogP contribution in [-0.4, -0.2) is 44.4 Å². The molecule has 0 saturated heterocycles. The third-order valence-electron chi connectivity index (χ3n) is 3.12. The fraction of sp³-hybridized carbons (Fsp3) is 0.214. The maximum Gasteiger partial charge on any atom is 0.245 e. The van der Waals surface area contributed by atoms with Gasteiger partial charge in [0.25, 0.3) is 0 Å². The van der Waals surface area contributed by atoms with E-state index in [1.54, 1.807) is 30.5 Å². The number of fused-ring (bicyclic) bond motifs is 1. The molecule has 0 fully saturated rings. The van der Waals surface area contributed by atoms with Crippen molar-refractivity contribution in [3.63, 3.8) is 0 Å². The Hall–Kier alpha value is -3.03. The van der Waals surface area contributed by atoms with Crippen molar-refractivity contribution in [3.8, 4) is 0 Å². The van der Waals surface area contributed by atoms with Gasteiger partial charge >= 0.3 is 0 Å². The molecule has 0 aliphatic heterocycles. The molecular weight excluding hydrogens is 282 g/mol. The summed E-state index contributed by atoms with van der Waals surface area (Å²) >= 11 is 0. The lowest BCUT2D eigenvalue weighted by atomic mass is 10.3. The SMILES string of the molecule is Cc1ccc(NC(=O)CN(C)c2ncnc3nc[nH]c23)nc1. The number of aromatic amines is 1. The van der Waals surface area contributed by atoms with Crippen LogP contribution >= 0.6 is 0 Å². The van der Waals surface area contributed by atoms with Crippen molar-refractivity contribution < 1.29 is 4.79 Å². The zero-order valence-corrected chi connectivity index (χ0v) is 12.2. The summed E-state index contributed by atoms with van der Waals surface area (Å²) in [5, 5.41) is 2.75. The maximum absolute atomic E-state index is 12.1. The molecule has 1 amide bonds. The van der Waals surface area contributed by atoms with E-state index < -0.39 is 0 Å². The predicted molar refractivity (Wildman–Crippen MR) is 82.6 cm³/mol. The number of rotatable bonds is 4. The Morgan fingerprint density at radius 1 is 1.27 bits per heavy atom. The molecule has 112 valence electrons. The Bertz CT molecular complexity index is 796. The molecule has 0 saturated carbocycles. The first-order valence-electron chi connectivity index (χ1n) is 6.71. The van der Waals surface area contributed by atoms with Crippen LogP contribution in [0.1, 0.15) is 5.56 Å². The number of pyridine rings is 1. The van der Waals surface area contributed by atoms with Crippen LogP contribution in [0, 0.1) is 6.92 Å². The minimum Gasteiger partial charge on any atom is -0.348 e. The molecular formula is C14H15N7O. The molecule has 0 unspecified atom stereocenters. The fourth-order valence-corrected chi connectivity index (χ4v) is 2.06. The van der Waals surface area contributed by atoms with E-state index in [-0.39, 0.29) is 12.5 Å². The number of likely N-dealkylation sites (N-methyl/N-ethyl adjacent to an activating group) is 1. The minimum absolute atomic E-state index is 0.140. The molecule has 0 radical (unpaired) electrons. The summed E-state index contributed by atoms with van der Waals surface area (Å²) in [6.45, 7) is 2.08. The van der Waals surface area contributed by atoms with Crippen molar-refractivity contribution in [1.29, 1.82) is 0 Å². The molecule has 0 spiro atoms. The van der Waals surface area contributed by atoms with Crippen molar-refractivity contribution in [2.45, 2.75) is 6.92 Å². The van der Waals surface area contributed by atoms with Crippen LogP contribution in [0.3, 0.4) is 0 Å². The Kier molecular flexibility index (Phi) is 3.65. The van der Waals surface area contributed by atoms with Crippen LogP contribution in [0.5, 0.6) is 0 Å². The highest BCUT2D eigenvalue weighted by molar-refractivity contribution is 5.94. The first-order chi connectivity index (χ1) is 10.6. The van der Waals surface area contributed by atoms with Crippen LogP contribution in [0.25, 0.3) is 11.2 Å². The van der Waals surface area contributed by atoms with Gasteiger partial charge < -0.3 is 15.2 Å². The zero-order valence-electron chi connectivity index (χ0n) is 12.2. The summed E-state index contributed by atoms with van der Waals surface area (Å²) in [7, 11) is 1.78. The van der Waals surface area contributed by atoms with E-state index in [9.17, 15) is 4.79 Å². The number of carbonyl (C=O) groups is 1. The molecule has 0 aliphatic carbocycles. The average molecular weight is 297 g/mol. The normalized spacial score (nSPS) is 10.6. The highest BCUT2D eigenvalue weighted by Crippen LogP contribution is 2.17. The first kappa shape index (κ1) is 13.9. The van der Waals surface area contributed by atoms with Gasteiger partial charge in [-0.25, -0.2) is 19.9 Å². The van der Waals surface area contributed by atoms with Crippen molar-refractivity contribution in [3.05, 3.63) is 36.5 Å². The van der Waals surface area contributed by atoms with Crippen LogP contribution in [-0.2, 0) is 4.79 Å². The highest BCUT2D eigenvalue weighted by Gasteiger charge is 2.13. The molecule has 0 atom stereocenters. The van der Waals surface area contributed by atoms with E-state index in [2.05, 4.69) is 30.2 Å². The number of amides is 1. The van der Waals surface area contributed by atoms with Gasteiger partial charge in [-0.05, 0) is 18.6 Å². The largest absolute Gasteiger partial charge is 0.348 e. The number of aromatic nitrogens is 5. The summed E-state index contributed by atoms with van der Waals surface area (Å²) in [6, 6.07) is 3.66. The Morgan fingerprint density at radius 2 is 2.14 bits per heavy atom. The predicted octanol–water partition coefficient (Wildman–Crippen LogP) is 1.13. The molecule has 3 aromatic rings. The number of H-pyrrole nitrogens is 1. The van der Waals surface area contributed by atoms with E-state index >= 15 is 0 Å². The Morgan fingerprint density at radius 3 is 2.91 bits per heavy atom. The van der Waals surface area contributed by atoms with Gasteiger partial charge in [0.05, 0.1) is 12.9 Å². The number of nitrogens with zero attached hydrogens (tertiary/aromatic N) is 5. The third kappa shape index (κ3) is 2.85. The molecule has 8 heteroatoms. The number of anilines is 2. The second-order valence-corrected chi connectivity index (χ2v) is 4.92. The average Bonchev–Trinajstić information content (AvgIpc) is 2.97. The van der Waals surface area contributed by atoms with Crippen molar-refractivity contribution >= 4 is 28.7 Å². The lowest BCUT2D eigenvalue weighted by molar-refractivity contribution is -0.114. The van der Waals surface area contributed by atoms with E-state index in [4.69, 9.17) is 0 Å². The molecule has 3 heterocycles. The van der Waals surface area contributed by atoms with E-state index in [1.165, 1.54) is 6.33 Å². The first-order valence-corrected chi connectivity index (χ1v) is 6.71. The summed E-state index contributed by atoms with van der Waals surface area (Å²) in [6.07, 6.45) is 4.68. The molecule has 0 aromatic carbocycles. The molecule has 8 nitrogen and oxygen atoms in total. The fourth-order valence-electron chi connectivity index (χ4n) is 2.06. The lowest BCUT2D eigenvalue weighted by Gasteiger charge is -2.17. The van der Waals surface area contributed by atoms with Gasteiger partial charge in [-0.1, -0.05) is 6.07 Å². The number of hydrogen-bond acceptors (Lipinski definition) is 6. The van der Waals surface area contributed by atoms with Crippen molar-refractivity contribution in [2.24, 2.45) is 0 Å². The molecule has 0 aliphatic rings. The second kappa shape index (κ2) is 5.76. The minimum atomic E-state index is -0.176. The van der Waals surface area contributed by atoms with Crippen molar-refractivity contribution in [1.82, 2.24) is 24.9 Å². The Labute approximate surface area is 126 Å². The smallest absolute Gasteiger partial charge is 0.245 e. The monoisotopic (exact) mass is 297 g/mol. The van der Waals surface area contributed by atoms with E-state index in [0.29, 0.717) is 22.8 Å². The second-order valence-electron chi connectivity index (χ2n) is 4.92. The molecule has 3 rings (SSSR count). The van der Waals surface area contributed by atoms with Gasteiger partial charge in [0.2, 0.25) is 5.91 Å². The molecule has 22 heavy (non-hydrogen) atoms. The molecule has 0 bridgehead atoms. The molecule has 3 aromatic heterocycles. The number of carbonyl (C=O) groups excluding carboxylic acids is 1. The van der Waals surface area contributed by atoms with E-state index in [0.717, 1.165) is 5.56 Å². The van der Waals surface area contributed by atoms with Crippen LogP contribution in [0.4, 0.5) is 11.6 Å². The summed E-state index contributed by atoms with van der Waals surface area (Å²) in [4.78, 5) is 33.3. The lowest BCUT2D eigenvalue weighted by Crippen LogP contribution is -2.31. The highest BCUT2D eigenvalue weighted by atomic mass is 16.2. The maximum atomic E-state index is 12.1. The van der Waals surface area contributed by atoms with Gasteiger partial charge in [0.15, 0.2) is 11.5 Å². The van der Waals surface area contributed by atoms with Crippen LogP contribution < -0.4 is 10.2 Å². The standard InChI is InChI=1S/C14H15N7O/c1-9-3-4-10(15-5-9)20-11(22)6-21(2)14-12-13(17-7-16-12)18-8-19-14/h3-5,7-8H,6H2,1-2H3,(H,15,20,22)(H,16,17,18,19). The van der Waals surface area contributed by atoms with E-state index in [1.807, 2.05) is 13.0 Å². The summed E-state index contributed by atoms with van der Waals surface area (Å²) in [5.74, 6) is 0.970. The topological polar surface area (TPSA) is 99.7 Å². The number of aryl methyl sites for hydroxylation is 1. The number of imidazole rings is 1. The van der Waals surface area contributed by atoms with Crippen LogP contribution in [0.15, 0.2) is 31.0 Å². The van der Waals surface area contributed by atoms with Gasteiger partial charge in [0, 0.05) is 13.2 Å². The van der Waals surface area contributed by atoms with Crippen molar-refractivity contribution in [2.75, 3.05) is 23.8 Å². The van der Waals surface area contributed by atoms with Gasteiger partial charge in [-0.2, -0.15) is 0 Å². The van der Waals surface area contributed by atoms with Gasteiger partial charge in [0.1, 0.15) is 17.7 Å². The summed E-state index contributed by atoms with van der Waals surface area (Å²) < 4.78 is 0. The molecule has 2 N–H and O–H groups in total. The number of nitrogens with one attached hydrogen (secondary N) is 2. The van der Waals surface area contributed by atoms with Gasteiger partial charge in [-0.15, -0.1) is 0 Å². The summed E-state index contributed by atoms with van der Waals surface area (Å²) in [5.41, 5.74) is 2.31. The van der Waals surface area contributed by atoms with Gasteiger partial charge in [-0.3, -0.25) is 4.79 Å². The van der Waals surface area contributed by atoms with Crippen LogP contribution in [0.2, 0.25) is 0 Å². The quantitative estimate of drug-likeness (QED) is 0.749. The zero-order chi connectivity index (χ0) is 15.5.